The number of benzene rings is 2. The molecule has 0 unspecified atom stereocenters. The average Bonchev–Trinajstić information content (AvgIpc) is 3.18. The highest BCUT2D eigenvalue weighted by Gasteiger charge is 2.11. The Morgan fingerprint density at radius 2 is 1.75 bits per heavy atom. The van der Waals surface area contributed by atoms with Crippen LogP contribution in [-0.4, -0.2) is 28.2 Å². The summed E-state index contributed by atoms with van der Waals surface area (Å²) in [6.07, 6.45) is 6.01. The predicted molar refractivity (Wildman–Crippen MR) is 134 cm³/mol. The quantitative estimate of drug-likeness (QED) is 0.0895. The molecule has 3 aromatic rings. The molecular weight excluding hydrogens is 400 g/mol. The number of rotatable bonds is 9. The monoisotopic (exact) mass is 430 g/mol. The van der Waals surface area contributed by atoms with Gasteiger partial charge in [-0.15, -0.1) is 0 Å². The summed E-state index contributed by atoms with van der Waals surface area (Å²) in [4.78, 5) is 8.09. The number of imidazole rings is 1. The van der Waals surface area contributed by atoms with Crippen LogP contribution in [0.3, 0.4) is 0 Å². The molecule has 8 heteroatoms. The number of anilines is 2. The van der Waals surface area contributed by atoms with Crippen LogP contribution in [0.4, 0.5) is 11.4 Å². The molecule has 0 saturated heterocycles. The van der Waals surface area contributed by atoms with Gasteiger partial charge in [-0.1, -0.05) is 19.1 Å². The third kappa shape index (κ3) is 5.15. The van der Waals surface area contributed by atoms with E-state index < -0.39 is 0 Å². The van der Waals surface area contributed by atoms with Crippen molar-refractivity contribution in [3.8, 4) is 0 Å². The van der Waals surface area contributed by atoms with E-state index in [9.17, 15) is 0 Å². The smallest absolute Gasteiger partial charge is 0.138 e. The van der Waals surface area contributed by atoms with Crippen LogP contribution in [0, 0.1) is 10.8 Å². The van der Waals surface area contributed by atoms with E-state index in [1.165, 1.54) is 0 Å². The van der Waals surface area contributed by atoms with Crippen LogP contribution < -0.4 is 22.5 Å². The first-order chi connectivity index (χ1) is 15.3. The minimum absolute atomic E-state index is 0.000142. The molecule has 32 heavy (non-hydrogen) atoms. The van der Waals surface area contributed by atoms with Crippen molar-refractivity contribution in [1.29, 1.82) is 10.8 Å². The van der Waals surface area contributed by atoms with E-state index in [0.717, 1.165) is 46.5 Å². The summed E-state index contributed by atoms with van der Waals surface area (Å²) < 4.78 is 0. The number of aromatic amines is 1. The first kappa shape index (κ1) is 22.6. The molecule has 2 aromatic carbocycles. The van der Waals surface area contributed by atoms with Crippen molar-refractivity contribution < 1.29 is 0 Å². The molecule has 166 valence electrons. The summed E-state index contributed by atoms with van der Waals surface area (Å²) in [5.74, 6) is 0.834. The van der Waals surface area contributed by atoms with Gasteiger partial charge in [0.05, 0.1) is 22.4 Å². The predicted octanol–water partition coefficient (Wildman–Crippen LogP) is 3.96. The van der Waals surface area contributed by atoms with Crippen molar-refractivity contribution >= 4 is 39.7 Å². The zero-order valence-electron chi connectivity index (χ0n) is 18.4. The molecule has 0 amide bonds. The van der Waals surface area contributed by atoms with Crippen LogP contribution in [0.1, 0.15) is 43.6 Å². The SMILES string of the molecule is CC/C=C(\C(C)=C/CCNc1ccc(C(=N)N)cc1N)c1nc2ccc(C(=N)N)cc2[nH]1. The molecule has 0 atom stereocenters. The molecule has 0 spiro atoms. The second-order valence-corrected chi connectivity index (χ2v) is 7.58. The Bertz CT molecular complexity index is 1220. The number of aromatic nitrogens is 2. The first-order valence-electron chi connectivity index (χ1n) is 10.5. The van der Waals surface area contributed by atoms with Gasteiger partial charge >= 0.3 is 0 Å². The minimum atomic E-state index is 0.000142. The van der Waals surface area contributed by atoms with E-state index in [1.807, 2.05) is 24.3 Å². The molecule has 8 nitrogen and oxygen atoms in total. The van der Waals surface area contributed by atoms with Gasteiger partial charge in [-0.3, -0.25) is 10.8 Å². The standard InChI is InChI=1S/C24H30N8/c1-3-5-17(24-31-20-10-8-16(23(28)29)13-21(20)32-24)14(2)6-4-11-30-19-9-7-15(22(26)27)12-18(19)25/h5-10,12-13,30H,3-4,11,25H2,1-2H3,(H3,26,27)(H3,28,29)(H,31,32)/b14-6-,17-5+. The number of hydrogen-bond acceptors (Lipinski definition) is 5. The number of nitrogen functional groups attached to an aromatic ring is 3. The molecule has 3 rings (SSSR count). The van der Waals surface area contributed by atoms with Crippen molar-refractivity contribution in [3.05, 3.63) is 71.1 Å². The zero-order chi connectivity index (χ0) is 23.3. The van der Waals surface area contributed by atoms with Gasteiger partial charge in [-0.2, -0.15) is 0 Å². The maximum Gasteiger partial charge on any atom is 0.138 e. The number of nitrogens with two attached hydrogens (primary N) is 3. The van der Waals surface area contributed by atoms with Gasteiger partial charge in [0.2, 0.25) is 0 Å². The minimum Gasteiger partial charge on any atom is -0.397 e. The largest absolute Gasteiger partial charge is 0.397 e. The van der Waals surface area contributed by atoms with E-state index in [2.05, 4.69) is 36.3 Å². The number of H-pyrrole nitrogens is 1. The Labute approximate surface area is 187 Å². The lowest BCUT2D eigenvalue weighted by Gasteiger charge is -2.10. The number of fused-ring (bicyclic) bond motifs is 1. The van der Waals surface area contributed by atoms with Crippen LogP contribution in [0.25, 0.3) is 16.6 Å². The fraction of sp³-hybridized carbons (Fsp3) is 0.208. The molecular formula is C24H30N8. The molecule has 1 heterocycles. The first-order valence-corrected chi connectivity index (χ1v) is 10.5. The van der Waals surface area contributed by atoms with E-state index in [-0.39, 0.29) is 11.7 Å². The van der Waals surface area contributed by atoms with Gasteiger partial charge in [-0.05, 0) is 61.7 Å². The van der Waals surface area contributed by atoms with Gasteiger partial charge in [0.1, 0.15) is 17.5 Å². The lowest BCUT2D eigenvalue weighted by atomic mass is 10.0. The fourth-order valence-electron chi connectivity index (χ4n) is 3.45. The molecule has 0 bridgehead atoms. The van der Waals surface area contributed by atoms with Gasteiger partial charge in [-0.25, -0.2) is 4.98 Å². The third-order valence-corrected chi connectivity index (χ3v) is 5.15. The van der Waals surface area contributed by atoms with E-state index in [1.54, 1.807) is 12.1 Å². The second-order valence-electron chi connectivity index (χ2n) is 7.58. The van der Waals surface area contributed by atoms with E-state index in [4.69, 9.17) is 33.0 Å². The fourth-order valence-corrected chi connectivity index (χ4v) is 3.45. The van der Waals surface area contributed by atoms with Crippen molar-refractivity contribution in [1.82, 2.24) is 9.97 Å². The topological polar surface area (TPSA) is 166 Å². The molecule has 0 radical (unpaired) electrons. The molecule has 0 saturated carbocycles. The van der Waals surface area contributed by atoms with Crippen molar-refractivity contribution in [2.45, 2.75) is 26.7 Å². The molecule has 0 aliphatic rings. The van der Waals surface area contributed by atoms with Gasteiger partial charge in [0.15, 0.2) is 0 Å². The van der Waals surface area contributed by atoms with Gasteiger partial charge in [0.25, 0.3) is 0 Å². The van der Waals surface area contributed by atoms with Crippen LogP contribution >= 0.6 is 0 Å². The van der Waals surface area contributed by atoms with Crippen LogP contribution in [0.15, 0.2) is 54.1 Å². The highest BCUT2D eigenvalue weighted by molar-refractivity contribution is 5.98. The maximum atomic E-state index is 7.63. The highest BCUT2D eigenvalue weighted by Crippen LogP contribution is 2.25. The third-order valence-electron chi connectivity index (χ3n) is 5.15. The Hall–Kier alpha value is -4.07. The Kier molecular flexibility index (Phi) is 6.94. The van der Waals surface area contributed by atoms with Crippen LogP contribution in [0.5, 0.6) is 0 Å². The lowest BCUT2D eigenvalue weighted by molar-refractivity contribution is 1.06. The zero-order valence-corrected chi connectivity index (χ0v) is 18.4. The highest BCUT2D eigenvalue weighted by atomic mass is 14.9. The second kappa shape index (κ2) is 9.82. The van der Waals surface area contributed by atoms with Crippen LogP contribution in [-0.2, 0) is 0 Å². The van der Waals surface area contributed by atoms with Gasteiger partial charge in [0, 0.05) is 23.2 Å². The number of nitrogens with zero attached hydrogens (tertiary/aromatic N) is 1. The van der Waals surface area contributed by atoms with Crippen molar-refractivity contribution in [2.24, 2.45) is 11.5 Å². The molecule has 0 aliphatic carbocycles. The Morgan fingerprint density at radius 1 is 1.06 bits per heavy atom. The Balaban J connectivity index is 1.72. The normalized spacial score (nSPS) is 12.2. The summed E-state index contributed by atoms with van der Waals surface area (Å²) in [5, 5.41) is 18.5. The summed E-state index contributed by atoms with van der Waals surface area (Å²) >= 11 is 0. The summed E-state index contributed by atoms with van der Waals surface area (Å²) in [6.45, 7) is 4.88. The summed E-state index contributed by atoms with van der Waals surface area (Å²) in [7, 11) is 0. The number of amidine groups is 2. The van der Waals surface area contributed by atoms with Crippen molar-refractivity contribution in [2.75, 3.05) is 17.6 Å². The number of nitrogens with one attached hydrogen (secondary N) is 4. The summed E-state index contributed by atoms with van der Waals surface area (Å²) in [5.41, 5.74) is 23.7. The summed E-state index contributed by atoms with van der Waals surface area (Å²) in [6, 6.07) is 10.9. The van der Waals surface area contributed by atoms with Crippen molar-refractivity contribution in [3.63, 3.8) is 0 Å². The van der Waals surface area contributed by atoms with Crippen LogP contribution in [0.2, 0.25) is 0 Å². The molecule has 1 aromatic heterocycles. The number of allylic oxidation sites excluding steroid dienone is 3. The number of hydrogen-bond donors (Lipinski definition) is 7. The molecule has 0 fully saturated rings. The molecule has 10 N–H and O–H groups in total. The lowest BCUT2D eigenvalue weighted by Crippen LogP contribution is -2.12. The maximum absolute atomic E-state index is 7.63. The Morgan fingerprint density at radius 3 is 2.41 bits per heavy atom. The van der Waals surface area contributed by atoms with E-state index >= 15 is 0 Å². The molecule has 0 aliphatic heterocycles. The average molecular weight is 431 g/mol. The van der Waals surface area contributed by atoms with Gasteiger partial charge < -0.3 is 27.5 Å². The van der Waals surface area contributed by atoms with E-state index in [0.29, 0.717) is 23.4 Å².